The smallest absolute Gasteiger partial charge is 0.246 e. The Balaban J connectivity index is 1.11. The summed E-state index contributed by atoms with van der Waals surface area (Å²) in [5.74, 6) is 1.96. The van der Waals surface area contributed by atoms with E-state index in [1.54, 1.807) is 12.3 Å². The number of aromatic nitrogens is 1. The number of pyridine rings is 1. The Morgan fingerprint density at radius 3 is 2.77 bits per heavy atom. The van der Waals surface area contributed by atoms with Crippen molar-refractivity contribution in [2.24, 2.45) is 5.41 Å². The molecule has 0 bridgehead atoms. The minimum Gasteiger partial charge on any atom is -0.460 e. The highest BCUT2D eigenvalue weighted by Crippen LogP contribution is 2.41. The average molecular weight is 471 g/mol. The molecule has 1 aromatic carbocycles. The molecule has 7 heteroatoms. The molecule has 2 amide bonds. The number of benzene rings is 1. The quantitative estimate of drug-likeness (QED) is 0.586. The number of amides is 2. The number of anilines is 1. The number of fused-ring (bicyclic) bond motifs is 2. The molecule has 0 unspecified atom stereocenters. The lowest BCUT2D eigenvalue weighted by Crippen LogP contribution is -2.49. The summed E-state index contributed by atoms with van der Waals surface area (Å²) in [6.45, 7) is 5.26. The van der Waals surface area contributed by atoms with Crippen LogP contribution in [0.3, 0.4) is 0 Å². The number of furan rings is 1. The van der Waals surface area contributed by atoms with E-state index in [4.69, 9.17) is 4.42 Å². The van der Waals surface area contributed by atoms with Gasteiger partial charge in [-0.1, -0.05) is 18.2 Å². The van der Waals surface area contributed by atoms with E-state index in [9.17, 15) is 9.59 Å². The second-order valence-electron chi connectivity index (χ2n) is 10.4. The van der Waals surface area contributed by atoms with Crippen LogP contribution in [0.2, 0.25) is 0 Å². The van der Waals surface area contributed by atoms with Gasteiger partial charge in [-0.3, -0.25) is 9.59 Å². The van der Waals surface area contributed by atoms with Crippen LogP contribution < -0.4 is 5.32 Å². The molecule has 3 aliphatic heterocycles. The lowest BCUT2D eigenvalue weighted by Gasteiger charge is -2.42. The minimum absolute atomic E-state index is 0.00664. The number of piperidine rings is 1. The van der Waals surface area contributed by atoms with Crippen molar-refractivity contribution in [3.05, 3.63) is 65.1 Å². The predicted molar refractivity (Wildman–Crippen MR) is 135 cm³/mol. The molecule has 0 radical (unpaired) electrons. The fourth-order valence-corrected chi connectivity index (χ4v) is 5.68. The van der Waals surface area contributed by atoms with Crippen molar-refractivity contribution in [1.82, 2.24) is 14.8 Å². The molecule has 1 spiro atoms. The molecular weight excluding hydrogens is 440 g/mol. The lowest BCUT2D eigenvalue weighted by atomic mass is 9.71. The Hall–Kier alpha value is -3.45. The van der Waals surface area contributed by atoms with Gasteiger partial charge in [0.25, 0.3) is 0 Å². The summed E-state index contributed by atoms with van der Waals surface area (Å²) < 4.78 is 6.08. The van der Waals surface area contributed by atoms with E-state index < -0.39 is 0 Å². The Morgan fingerprint density at radius 2 is 2.00 bits per heavy atom. The number of aryl methyl sites for hydroxylation is 1. The van der Waals surface area contributed by atoms with Crippen LogP contribution in [0.25, 0.3) is 17.0 Å². The first-order valence-corrected chi connectivity index (χ1v) is 12.4. The zero-order valence-corrected chi connectivity index (χ0v) is 20.2. The first kappa shape index (κ1) is 22.0. The standard InChI is InChI=1S/C28H30N4O3/c1-18-22-5-3-4-6-23(22)35-25(18)21-16-32(17-21)24(33)8-7-19-13-20-14-28(9-11-31(2)12-10-28)27(34)30-26(20)29-15-19/h3-8,13,15,21H,9-12,14,16-17H2,1-2H3,(H,29,30,34). The van der Waals surface area contributed by atoms with Gasteiger partial charge in [0.15, 0.2) is 0 Å². The number of carbonyl (C=O) groups excluding carboxylic acids is 2. The molecule has 3 aliphatic rings. The molecule has 6 rings (SSSR count). The summed E-state index contributed by atoms with van der Waals surface area (Å²) in [6.07, 6.45) is 7.58. The number of hydrogen-bond acceptors (Lipinski definition) is 5. The molecule has 180 valence electrons. The van der Waals surface area contributed by atoms with E-state index in [1.807, 2.05) is 29.2 Å². The fourth-order valence-electron chi connectivity index (χ4n) is 5.68. The van der Waals surface area contributed by atoms with Gasteiger partial charge in [0.2, 0.25) is 11.8 Å². The first-order valence-electron chi connectivity index (χ1n) is 12.4. The monoisotopic (exact) mass is 470 g/mol. The highest BCUT2D eigenvalue weighted by atomic mass is 16.3. The second-order valence-corrected chi connectivity index (χ2v) is 10.4. The largest absolute Gasteiger partial charge is 0.460 e. The number of carbonyl (C=O) groups is 2. The van der Waals surface area contributed by atoms with Gasteiger partial charge in [-0.2, -0.15) is 0 Å². The lowest BCUT2D eigenvalue weighted by molar-refractivity contribution is -0.130. The van der Waals surface area contributed by atoms with Gasteiger partial charge >= 0.3 is 0 Å². The van der Waals surface area contributed by atoms with Gasteiger partial charge in [0, 0.05) is 30.7 Å². The maximum absolute atomic E-state index is 12.8. The maximum atomic E-state index is 12.8. The topological polar surface area (TPSA) is 78.7 Å². The van der Waals surface area contributed by atoms with Crippen LogP contribution in [0, 0.1) is 12.3 Å². The van der Waals surface area contributed by atoms with Crippen LogP contribution in [-0.2, 0) is 16.0 Å². The van der Waals surface area contributed by atoms with Gasteiger partial charge in [-0.25, -0.2) is 4.98 Å². The molecule has 5 heterocycles. The number of likely N-dealkylation sites (tertiary alicyclic amines) is 2. The van der Waals surface area contributed by atoms with Crippen molar-refractivity contribution in [3.8, 4) is 0 Å². The van der Waals surface area contributed by atoms with Gasteiger partial charge in [0.1, 0.15) is 17.2 Å². The third-order valence-electron chi connectivity index (χ3n) is 8.04. The zero-order chi connectivity index (χ0) is 24.2. The fraction of sp³-hybridized carbons (Fsp3) is 0.393. The van der Waals surface area contributed by atoms with Gasteiger partial charge < -0.3 is 19.5 Å². The van der Waals surface area contributed by atoms with E-state index in [-0.39, 0.29) is 23.1 Å². The van der Waals surface area contributed by atoms with Crippen LogP contribution in [0.4, 0.5) is 5.82 Å². The molecule has 0 atom stereocenters. The number of nitrogens with zero attached hydrogens (tertiary/aromatic N) is 3. The van der Waals surface area contributed by atoms with Gasteiger partial charge in [0.05, 0.1) is 11.3 Å². The highest BCUT2D eigenvalue weighted by molar-refractivity contribution is 5.98. The Kier molecular flexibility index (Phi) is 5.25. The Bertz CT molecular complexity index is 1340. The molecule has 2 saturated heterocycles. The molecule has 2 fully saturated rings. The molecule has 1 N–H and O–H groups in total. The molecular formula is C28H30N4O3. The number of hydrogen-bond donors (Lipinski definition) is 1. The molecule has 0 saturated carbocycles. The number of nitrogens with one attached hydrogen (secondary N) is 1. The van der Waals surface area contributed by atoms with E-state index >= 15 is 0 Å². The summed E-state index contributed by atoms with van der Waals surface area (Å²) in [5.41, 5.74) is 3.65. The van der Waals surface area contributed by atoms with Crippen LogP contribution in [0.5, 0.6) is 0 Å². The van der Waals surface area contributed by atoms with E-state index in [2.05, 4.69) is 41.3 Å². The third-order valence-corrected chi connectivity index (χ3v) is 8.04. The molecule has 35 heavy (non-hydrogen) atoms. The minimum atomic E-state index is -0.346. The van der Waals surface area contributed by atoms with E-state index in [0.29, 0.717) is 25.3 Å². The van der Waals surface area contributed by atoms with Crippen molar-refractivity contribution in [2.45, 2.75) is 32.1 Å². The number of para-hydroxylation sites is 1. The molecule has 2 aromatic heterocycles. The van der Waals surface area contributed by atoms with Gasteiger partial charge in [-0.15, -0.1) is 0 Å². The van der Waals surface area contributed by atoms with E-state index in [1.165, 1.54) is 5.56 Å². The van der Waals surface area contributed by atoms with Crippen molar-refractivity contribution < 1.29 is 14.0 Å². The van der Waals surface area contributed by atoms with Crippen molar-refractivity contribution in [3.63, 3.8) is 0 Å². The SMILES string of the molecule is Cc1c(C2CN(C(=O)C=Cc3cnc4c(c3)CC3(CCN(C)CC3)C(=O)N4)C2)oc2ccccc12. The Labute approximate surface area is 204 Å². The van der Waals surface area contributed by atoms with Crippen LogP contribution in [-0.4, -0.2) is 59.8 Å². The van der Waals surface area contributed by atoms with Crippen molar-refractivity contribution in [1.29, 1.82) is 0 Å². The van der Waals surface area contributed by atoms with E-state index in [0.717, 1.165) is 53.8 Å². The maximum Gasteiger partial charge on any atom is 0.246 e. The summed E-state index contributed by atoms with van der Waals surface area (Å²) in [4.78, 5) is 34.2. The summed E-state index contributed by atoms with van der Waals surface area (Å²) in [7, 11) is 2.10. The van der Waals surface area contributed by atoms with Crippen LogP contribution >= 0.6 is 0 Å². The normalized spacial score (nSPS) is 20.3. The molecule has 0 aliphatic carbocycles. The molecule has 7 nitrogen and oxygen atoms in total. The van der Waals surface area contributed by atoms with Crippen molar-refractivity contribution in [2.75, 3.05) is 38.5 Å². The van der Waals surface area contributed by atoms with Crippen molar-refractivity contribution >= 4 is 34.7 Å². The molecule has 3 aromatic rings. The summed E-state index contributed by atoms with van der Waals surface area (Å²) in [6, 6.07) is 10.1. The van der Waals surface area contributed by atoms with Crippen LogP contribution in [0.1, 0.15) is 41.2 Å². The number of rotatable bonds is 3. The van der Waals surface area contributed by atoms with Gasteiger partial charge in [-0.05, 0) is 81.2 Å². The average Bonchev–Trinajstić information content (AvgIpc) is 3.15. The summed E-state index contributed by atoms with van der Waals surface area (Å²) in [5, 5.41) is 4.17. The first-order chi connectivity index (χ1) is 16.9. The van der Waals surface area contributed by atoms with Crippen LogP contribution in [0.15, 0.2) is 47.0 Å². The predicted octanol–water partition coefficient (Wildman–Crippen LogP) is 3.98. The Morgan fingerprint density at radius 1 is 1.23 bits per heavy atom. The summed E-state index contributed by atoms with van der Waals surface area (Å²) >= 11 is 0. The highest BCUT2D eigenvalue weighted by Gasteiger charge is 2.44. The zero-order valence-electron chi connectivity index (χ0n) is 20.2. The second kappa shape index (κ2) is 8.34. The third kappa shape index (κ3) is 3.84.